The number of hydrogen-bond donors (Lipinski definition) is 1. The van der Waals surface area contributed by atoms with Gasteiger partial charge in [-0.05, 0) is 18.6 Å². The van der Waals surface area contributed by atoms with Crippen molar-refractivity contribution in [1.29, 1.82) is 0 Å². The molecule has 0 aliphatic heterocycles. The zero-order valence-corrected chi connectivity index (χ0v) is 10.0. The molecule has 3 nitrogen and oxygen atoms in total. The molecular formula is C12H14F3NO2. The van der Waals surface area contributed by atoms with Gasteiger partial charge in [0.05, 0.1) is 12.7 Å². The number of carbonyl (C=O) groups is 1. The van der Waals surface area contributed by atoms with Crippen LogP contribution in [0, 0.1) is 0 Å². The lowest BCUT2D eigenvalue weighted by atomic mass is 10.1. The average Bonchev–Trinajstić information content (AvgIpc) is 2.34. The smallest absolute Gasteiger partial charge is 0.416 e. The Labute approximate surface area is 103 Å². The van der Waals surface area contributed by atoms with Crippen molar-refractivity contribution < 1.29 is 22.7 Å². The highest BCUT2D eigenvalue weighted by Gasteiger charge is 2.30. The molecule has 6 heteroatoms. The van der Waals surface area contributed by atoms with Crippen molar-refractivity contribution in [2.75, 3.05) is 7.11 Å². The van der Waals surface area contributed by atoms with Crippen LogP contribution in [-0.4, -0.2) is 19.1 Å². The van der Waals surface area contributed by atoms with Crippen molar-refractivity contribution in [3.63, 3.8) is 0 Å². The summed E-state index contributed by atoms with van der Waals surface area (Å²) in [5.74, 6) is -0.457. The first-order valence-corrected chi connectivity index (χ1v) is 5.32. The van der Waals surface area contributed by atoms with Crippen LogP contribution < -0.4 is 5.32 Å². The lowest BCUT2D eigenvalue weighted by Gasteiger charge is -2.12. The third-order valence-corrected chi connectivity index (χ3v) is 2.42. The Morgan fingerprint density at radius 1 is 1.44 bits per heavy atom. The van der Waals surface area contributed by atoms with E-state index in [0.29, 0.717) is 5.56 Å². The standard InChI is InChI=1S/C12H14F3NO2/c1-8(11(17)18-2)16-7-9-4-3-5-10(6-9)12(13,14)15/h3-6,8,16H,7H2,1-2H3/t8-/m0/s1. The second kappa shape index (κ2) is 5.86. The number of carbonyl (C=O) groups excluding carboxylic acids is 1. The molecule has 1 N–H and O–H groups in total. The number of rotatable bonds is 4. The van der Waals surface area contributed by atoms with Gasteiger partial charge >= 0.3 is 12.1 Å². The van der Waals surface area contributed by atoms with E-state index in [4.69, 9.17) is 0 Å². The van der Waals surface area contributed by atoms with Gasteiger partial charge in [0.15, 0.2) is 0 Å². The molecule has 0 saturated heterocycles. The Hall–Kier alpha value is -1.56. The molecule has 1 atom stereocenters. The van der Waals surface area contributed by atoms with Crippen LogP contribution in [0.2, 0.25) is 0 Å². The van der Waals surface area contributed by atoms with Crippen molar-refractivity contribution in [2.45, 2.75) is 25.7 Å². The minimum Gasteiger partial charge on any atom is -0.468 e. The van der Waals surface area contributed by atoms with Gasteiger partial charge in [0.25, 0.3) is 0 Å². The molecule has 1 rings (SSSR count). The maximum atomic E-state index is 12.5. The molecule has 1 aromatic carbocycles. The van der Waals surface area contributed by atoms with E-state index in [1.54, 1.807) is 13.0 Å². The first-order valence-electron chi connectivity index (χ1n) is 5.32. The minimum absolute atomic E-state index is 0.167. The lowest BCUT2D eigenvalue weighted by molar-refractivity contribution is -0.142. The Kier molecular flexibility index (Phi) is 4.72. The molecule has 0 saturated carbocycles. The Morgan fingerprint density at radius 2 is 2.11 bits per heavy atom. The number of nitrogens with one attached hydrogen (secondary N) is 1. The van der Waals surface area contributed by atoms with Gasteiger partial charge in [0.1, 0.15) is 6.04 Å². The Bertz CT molecular complexity index is 418. The van der Waals surface area contributed by atoms with Crippen molar-refractivity contribution in [1.82, 2.24) is 5.32 Å². The van der Waals surface area contributed by atoms with Crippen molar-refractivity contribution in [2.24, 2.45) is 0 Å². The predicted molar refractivity (Wildman–Crippen MR) is 59.8 cm³/mol. The van der Waals surface area contributed by atoms with E-state index >= 15 is 0 Å². The van der Waals surface area contributed by atoms with E-state index in [1.807, 2.05) is 0 Å². The highest BCUT2D eigenvalue weighted by molar-refractivity contribution is 5.75. The SMILES string of the molecule is COC(=O)[C@H](C)NCc1cccc(C(F)(F)F)c1. The van der Waals surface area contributed by atoms with Crippen LogP contribution in [0.15, 0.2) is 24.3 Å². The minimum atomic E-state index is -4.36. The fraction of sp³-hybridized carbons (Fsp3) is 0.417. The van der Waals surface area contributed by atoms with Crippen LogP contribution in [0.4, 0.5) is 13.2 Å². The number of halogens is 3. The largest absolute Gasteiger partial charge is 0.468 e. The molecule has 1 aromatic rings. The summed E-state index contributed by atoms with van der Waals surface area (Å²) in [4.78, 5) is 11.1. The quantitative estimate of drug-likeness (QED) is 0.845. The molecule has 0 spiro atoms. The van der Waals surface area contributed by atoms with Gasteiger partial charge in [-0.15, -0.1) is 0 Å². The number of alkyl halides is 3. The van der Waals surface area contributed by atoms with Gasteiger partial charge in [-0.25, -0.2) is 0 Å². The summed E-state index contributed by atoms with van der Waals surface area (Å²) >= 11 is 0. The van der Waals surface area contributed by atoms with E-state index in [9.17, 15) is 18.0 Å². The zero-order valence-electron chi connectivity index (χ0n) is 10.0. The number of esters is 1. The van der Waals surface area contributed by atoms with Crippen molar-refractivity contribution in [3.8, 4) is 0 Å². The predicted octanol–water partition coefficient (Wildman–Crippen LogP) is 2.36. The number of methoxy groups -OCH3 is 1. The number of benzene rings is 1. The molecule has 0 aliphatic rings. The van der Waals surface area contributed by atoms with Crippen LogP contribution >= 0.6 is 0 Å². The third-order valence-electron chi connectivity index (χ3n) is 2.42. The van der Waals surface area contributed by atoms with Gasteiger partial charge in [-0.2, -0.15) is 13.2 Å². The molecule has 0 amide bonds. The molecule has 0 fully saturated rings. The summed E-state index contributed by atoms with van der Waals surface area (Å²) in [6, 6.07) is 4.39. The van der Waals surface area contributed by atoms with E-state index in [1.165, 1.54) is 13.2 Å². The van der Waals surface area contributed by atoms with Crippen molar-refractivity contribution in [3.05, 3.63) is 35.4 Å². The van der Waals surface area contributed by atoms with Gasteiger partial charge in [0.2, 0.25) is 0 Å². The molecule has 18 heavy (non-hydrogen) atoms. The van der Waals surface area contributed by atoms with Crippen LogP contribution in [0.1, 0.15) is 18.1 Å². The van der Waals surface area contributed by atoms with Crippen LogP contribution in [0.5, 0.6) is 0 Å². The van der Waals surface area contributed by atoms with E-state index < -0.39 is 23.8 Å². The molecule has 0 radical (unpaired) electrons. The van der Waals surface area contributed by atoms with Crippen LogP contribution in [0.25, 0.3) is 0 Å². The van der Waals surface area contributed by atoms with Gasteiger partial charge < -0.3 is 10.1 Å². The molecule has 0 aromatic heterocycles. The highest BCUT2D eigenvalue weighted by atomic mass is 19.4. The first-order chi connectivity index (χ1) is 8.34. The summed E-state index contributed by atoms with van der Waals surface area (Å²) in [5.41, 5.74) is -0.243. The van der Waals surface area contributed by atoms with Crippen molar-refractivity contribution >= 4 is 5.97 Å². The summed E-state index contributed by atoms with van der Waals surface area (Å²) in [6.07, 6.45) is -4.36. The molecule has 0 aliphatic carbocycles. The van der Waals surface area contributed by atoms with Gasteiger partial charge in [-0.1, -0.05) is 18.2 Å². The molecule has 0 heterocycles. The monoisotopic (exact) mass is 261 g/mol. The summed E-state index contributed by atoms with van der Waals surface area (Å²) in [7, 11) is 1.25. The average molecular weight is 261 g/mol. The highest BCUT2D eigenvalue weighted by Crippen LogP contribution is 2.29. The fourth-order valence-electron chi connectivity index (χ4n) is 1.39. The van der Waals surface area contributed by atoms with E-state index in [0.717, 1.165) is 12.1 Å². The van der Waals surface area contributed by atoms with E-state index in [2.05, 4.69) is 10.1 Å². The third kappa shape index (κ3) is 4.03. The Balaban J connectivity index is 2.66. The molecule has 0 bridgehead atoms. The molecular weight excluding hydrogens is 247 g/mol. The Morgan fingerprint density at radius 3 is 2.67 bits per heavy atom. The summed E-state index contributed by atoms with van der Waals surface area (Å²) in [5, 5.41) is 2.79. The van der Waals surface area contributed by atoms with Gasteiger partial charge in [0, 0.05) is 6.54 Å². The summed E-state index contributed by atoms with van der Waals surface area (Å²) < 4.78 is 41.9. The topological polar surface area (TPSA) is 38.3 Å². The maximum absolute atomic E-state index is 12.5. The van der Waals surface area contributed by atoms with Crippen LogP contribution in [-0.2, 0) is 22.3 Å². The second-order valence-electron chi connectivity index (χ2n) is 3.82. The fourth-order valence-corrected chi connectivity index (χ4v) is 1.39. The summed E-state index contributed by atoms with van der Waals surface area (Å²) in [6.45, 7) is 1.75. The number of hydrogen-bond acceptors (Lipinski definition) is 3. The molecule has 0 unspecified atom stereocenters. The number of ether oxygens (including phenoxy) is 1. The van der Waals surface area contributed by atoms with Gasteiger partial charge in [-0.3, -0.25) is 4.79 Å². The van der Waals surface area contributed by atoms with Crippen LogP contribution in [0.3, 0.4) is 0 Å². The molecule has 100 valence electrons. The zero-order chi connectivity index (χ0) is 13.8. The van der Waals surface area contributed by atoms with E-state index in [-0.39, 0.29) is 6.54 Å². The normalized spacial score (nSPS) is 13.2. The second-order valence-corrected chi connectivity index (χ2v) is 3.82. The first kappa shape index (κ1) is 14.5. The maximum Gasteiger partial charge on any atom is 0.416 e. The lowest BCUT2D eigenvalue weighted by Crippen LogP contribution is -2.34.